The lowest BCUT2D eigenvalue weighted by Crippen LogP contribution is -2.33. The lowest BCUT2D eigenvalue weighted by atomic mass is 10.2. The van der Waals surface area contributed by atoms with Gasteiger partial charge in [0.25, 0.3) is 0 Å². The first-order valence-electron chi connectivity index (χ1n) is 7.08. The molecule has 3 rings (SSSR count). The standard InChI is InChI=1S/C17H16BrNO3/c18-15-7-6-14-12-21-9-8-19(16(14)10-15)17(20)22-11-13-4-2-1-3-5-13/h1-7,10H,8-9,11-12H2. The van der Waals surface area contributed by atoms with E-state index < -0.39 is 0 Å². The number of carbonyl (C=O) groups excluding carboxylic acids is 1. The smallest absolute Gasteiger partial charge is 0.414 e. The first-order chi connectivity index (χ1) is 10.7. The van der Waals surface area contributed by atoms with Gasteiger partial charge in [-0.25, -0.2) is 4.79 Å². The predicted molar refractivity (Wildman–Crippen MR) is 87.8 cm³/mol. The Morgan fingerprint density at radius 3 is 2.86 bits per heavy atom. The monoisotopic (exact) mass is 361 g/mol. The number of fused-ring (bicyclic) bond motifs is 1. The molecule has 0 bridgehead atoms. The van der Waals surface area contributed by atoms with Crippen molar-refractivity contribution in [3.8, 4) is 0 Å². The molecule has 114 valence electrons. The lowest BCUT2D eigenvalue weighted by molar-refractivity contribution is 0.125. The number of rotatable bonds is 2. The number of amides is 1. The molecule has 0 fully saturated rings. The Kier molecular flexibility index (Phi) is 4.75. The summed E-state index contributed by atoms with van der Waals surface area (Å²) in [5.41, 5.74) is 2.79. The fourth-order valence-electron chi connectivity index (χ4n) is 2.36. The van der Waals surface area contributed by atoms with Gasteiger partial charge in [0.1, 0.15) is 6.61 Å². The van der Waals surface area contributed by atoms with Gasteiger partial charge in [-0.05, 0) is 17.7 Å². The van der Waals surface area contributed by atoms with Crippen LogP contribution in [0, 0.1) is 0 Å². The highest BCUT2D eigenvalue weighted by molar-refractivity contribution is 9.10. The zero-order chi connectivity index (χ0) is 15.4. The Morgan fingerprint density at radius 2 is 2.05 bits per heavy atom. The van der Waals surface area contributed by atoms with Gasteiger partial charge in [-0.3, -0.25) is 4.90 Å². The van der Waals surface area contributed by atoms with Crippen LogP contribution >= 0.6 is 15.9 Å². The van der Waals surface area contributed by atoms with E-state index in [9.17, 15) is 4.79 Å². The van der Waals surface area contributed by atoms with Crippen LogP contribution in [0.3, 0.4) is 0 Å². The summed E-state index contributed by atoms with van der Waals surface area (Å²) in [5, 5.41) is 0. The predicted octanol–water partition coefficient (Wildman–Crippen LogP) is 4.12. The van der Waals surface area contributed by atoms with Gasteiger partial charge in [-0.1, -0.05) is 52.3 Å². The first kappa shape index (κ1) is 15.1. The first-order valence-corrected chi connectivity index (χ1v) is 7.88. The third-order valence-corrected chi connectivity index (χ3v) is 3.97. The highest BCUT2D eigenvalue weighted by Crippen LogP contribution is 2.28. The summed E-state index contributed by atoms with van der Waals surface area (Å²) in [4.78, 5) is 14.1. The Labute approximate surface area is 137 Å². The minimum atomic E-state index is -0.353. The number of hydrogen-bond acceptors (Lipinski definition) is 3. The molecule has 1 amide bonds. The normalized spacial score (nSPS) is 14.1. The summed E-state index contributed by atoms with van der Waals surface area (Å²) < 4.78 is 11.9. The van der Waals surface area contributed by atoms with E-state index in [0.29, 0.717) is 19.8 Å². The van der Waals surface area contributed by atoms with Crippen LogP contribution in [0.25, 0.3) is 0 Å². The summed E-state index contributed by atoms with van der Waals surface area (Å²) in [7, 11) is 0. The molecule has 22 heavy (non-hydrogen) atoms. The molecule has 1 heterocycles. The van der Waals surface area contributed by atoms with Crippen molar-refractivity contribution in [2.24, 2.45) is 0 Å². The van der Waals surface area contributed by atoms with Crippen molar-refractivity contribution in [3.63, 3.8) is 0 Å². The van der Waals surface area contributed by atoms with E-state index in [2.05, 4.69) is 15.9 Å². The second-order valence-electron chi connectivity index (χ2n) is 5.02. The fourth-order valence-corrected chi connectivity index (χ4v) is 2.70. The van der Waals surface area contributed by atoms with Crippen LogP contribution in [0.2, 0.25) is 0 Å². The molecule has 0 unspecified atom stereocenters. The molecular weight excluding hydrogens is 346 g/mol. The van der Waals surface area contributed by atoms with Gasteiger partial charge in [0.05, 0.1) is 25.4 Å². The van der Waals surface area contributed by atoms with E-state index in [1.165, 1.54) is 0 Å². The molecule has 0 aliphatic carbocycles. The average Bonchev–Trinajstić information content (AvgIpc) is 2.75. The molecule has 0 saturated carbocycles. The van der Waals surface area contributed by atoms with Gasteiger partial charge in [0, 0.05) is 10.0 Å². The number of ether oxygens (including phenoxy) is 2. The second-order valence-corrected chi connectivity index (χ2v) is 5.93. The molecular formula is C17H16BrNO3. The van der Waals surface area contributed by atoms with E-state index in [-0.39, 0.29) is 12.7 Å². The maximum atomic E-state index is 12.4. The van der Waals surface area contributed by atoms with Crippen molar-refractivity contribution in [3.05, 3.63) is 64.1 Å². The van der Waals surface area contributed by atoms with Gasteiger partial charge in [0.15, 0.2) is 0 Å². The van der Waals surface area contributed by atoms with Gasteiger partial charge in [-0.2, -0.15) is 0 Å². The second kappa shape index (κ2) is 6.94. The number of anilines is 1. The molecule has 4 nitrogen and oxygen atoms in total. The summed E-state index contributed by atoms with van der Waals surface area (Å²) in [6.07, 6.45) is -0.353. The van der Waals surface area contributed by atoms with Gasteiger partial charge >= 0.3 is 6.09 Å². The lowest BCUT2D eigenvalue weighted by Gasteiger charge is -2.21. The largest absolute Gasteiger partial charge is 0.444 e. The Morgan fingerprint density at radius 1 is 1.23 bits per heavy atom. The van der Waals surface area contributed by atoms with Gasteiger partial charge in [-0.15, -0.1) is 0 Å². The minimum Gasteiger partial charge on any atom is -0.444 e. The maximum absolute atomic E-state index is 12.4. The molecule has 1 aliphatic rings. The molecule has 0 saturated heterocycles. The van der Waals surface area contributed by atoms with E-state index in [0.717, 1.165) is 21.3 Å². The molecule has 0 spiro atoms. The molecule has 5 heteroatoms. The molecule has 0 N–H and O–H groups in total. The maximum Gasteiger partial charge on any atom is 0.414 e. The topological polar surface area (TPSA) is 38.8 Å². The van der Waals surface area contributed by atoms with Crippen molar-refractivity contribution in [2.45, 2.75) is 13.2 Å². The minimum absolute atomic E-state index is 0.264. The molecule has 2 aromatic rings. The zero-order valence-corrected chi connectivity index (χ0v) is 13.6. The van der Waals surface area contributed by atoms with E-state index in [1.54, 1.807) is 4.90 Å². The molecule has 0 radical (unpaired) electrons. The molecule has 2 aromatic carbocycles. The van der Waals surface area contributed by atoms with Gasteiger partial charge < -0.3 is 9.47 Å². The summed E-state index contributed by atoms with van der Waals surface area (Å²) in [6.45, 7) is 1.75. The number of hydrogen-bond donors (Lipinski definition) is 0. The SMILES string of the molecule is O=C(OCc1ccccc1)N1CCOCc2ccc(Br)cc21. The van der Waals surface area contributed by atoms with Crippen molar-refractivity contribution < 1.29 is 14.3 Å². The van der Waals surface area contributed by atoms with Crippen molar-refractivity contribution in [2.75, 3.05) is 18.1 Å². The van der Waals surface area contributed by atoms with Crippen LogP contribution in [0.5, 0.6) is 0 Å². The average molecular weight is 362 g/mol. The third kappa shape index (κ3) is 3.48. The van der Waals surface area contributed by atoms with Crippen molar-refractivity contribution in [1.82, 2.24) is 0 Å². The van der Waals surface area contributed by atoms with Gasteiger partial charge in [0.2, 0.25) is 0 Å². The Hall–Kier alpha value is -1.85. The molecule has 1 aliphatic heterocycles. The third-order valence-electron chi connectivity index (χ3n) is 3.48. The molecule has 0 aromatic heterocycles. The number of nitrogens with zero attached hydrogens (tertiary/aromatic N) is 1. The Bertz CT molecular complexity index is 660. The number of halogens is 1. The number of carbonyl (C=O) groups is 1. The highest BCUT2D eigenvalue weighted by Gasteiger charge is 2.23. The summed E-state index contributed by atoms with van der Waals surface area (Å²) >= 11 is 3.45. The zero-order valence-electron chi connectivity index (χ0n) is 12.0. The summed E-state index contributed by atoms with van der Waals surface area (Å²) in [6, 6.07) is 15.5. The quantitative estimate of drug-likeness (QED) is 0.807. The highest BCUT2D eigenvalue weighted by atomic mass is 79.9. The fraction of sp³-hybridized carbons (Fsp3) is 0.235. The van der Waals surface area contributed by atoms with Crippen LogP contribution in [0.1, 0.15) is 11.1 Å². The van der Waals surface area contributed by atoms with E-state index >= 15 is 0 Å². The van der Waals surface area contributed by atoms with Crippen molar-refractivity contribution in [1.29, 1.82) is 0 Å². The van der Waals surface area contributed by atoms with Crippen molar-refractivity contribution >= 4 is 27.7 Å². The molecule has 0 atom stereocenters. The van der Waals surface area contributed by atoms with Crippen LogP contribution in [-0.2, 0) is 22.7 Å². The van der Waals surface area contributed by atoms with Crippen LogP contribution in [0.15, 0.2) is 53.0 Å². The van der Waals surface area contributed by atoms with E-state index in [4.69, 9.17) is 9.47 Å². The van der Waals surface area contributed by atoms with Crippen LogP contribution in [0.4, 0.5) is 10.5 Å². The van der Waals surface area contributed by atoms with Crippen LogP contribution in [-0.4, -0.2) is 19.2 Å². The summed E-state index contributed by atoms with van der Waals surface area (Å²) in [5.74, 6) is 0. The van der Waals surface area contributed by atoms with E-state index in [1.807, 2.05) is 48.5 Å². The number of benzene rings is 2. The Balaban J connectivity index is 1.76. The van der Waals surface area contributed by atoms with Crippen LogP contribution < -0.4 is 4.90 Å².